The van der Waals surface area contributed by atoms with Crippen molar-refractivity contribution in [3.63, 3.8) is 0 Å². The van der Waals surface area contributed by atoms with Crippen LogP contribution in [0.4, 0.5) is 0 Å². The van der Waals surface area contributed by atoms with Crippen molar-refractivity contribution in [3.8, 4) is 0 Å². The molecule has 1 aliphatic rings. The van der Waals surface area contributed by atoms with Crippen molar-refractivity contribution >= 4 is 5.91 Å². The third-order valence-electron chi connectivity index (χ3n) is 4.40. The van der Waals surface area contributed by atoms with Gasteiger partial charge in [-0.3, -0.25) is 9.78 Å². The van der Waals surface area contributed by atoms with Crippen molar-refractivity contribution in [2.24, 2.45) is 0 Å². The van der Waals surface area contributed by atoms with E-state index >= 15 is 0 Å². The van der Waals surface area contributed by atoms with E-state index in [1.165, 1.54) is 16.7 Å². The first-order valence-electron chi connectivity index (χ1n) is 8.06. The molecular weight excluding hydrogens is 272 g/mol. The Morgan fingerprint density at radius 1 is 1.18 bits per heavy atom. The highest BCUT2D eigenvalue weighted by Crippen LogP contribution is 2.34. The van der Waals surface area contributed by atoms with Crippen molar-refractivity contribution in [2.75, 3.05) is 6.54 Å². The molecule has 3 heteroatoms. The van der Waals surface area contributed by atoms with E-state index in [9.17, 15) is 4.79 Å². The molecular formula is C19H22N2O. The van der Waals surface area contributed by atoms with Gasteiger partial charge in [-0.1, -0.05) is 24.3 Å². The van der Waals surface area contributed by atoms with Gasteiger partial charge >= 0.3 is 0 Å². The Morgan fingerprint density at radius 2 is 2.00 bits per heavy atom. The molecule has 1 aromatic carbocycles. The second-order valence-corrected chi connectivity index (χ2v) is 5.95. The highest BCUT2D eigenvalue weighted by atomic mass is 16.1. The van der Waals surface area contributed by atoms with E-state index in [0.717, 1.165) is 32.2 Å². The number of carbonyl (C=O) groups excluding carboxylic acids is 1. The molecule has 0 fully saturated rings. The van der Waals surface area contributed by atoms with Gasteiger partial charge in [0.2, 0.25) is 5.91 Å². The number of benzene rings is 1. The van der Waals surface area contributed by atoms with Crippen LogP contribution in [0.25, 0.3) is 0 Å². The van der Waals surface area contributed by atoms with Crippen LogP contribution in [-0.2, 0) is 17.6 Å². The average Bonchev–Trinajstić information content (AvgIpc) is 2.96. The van der Waals surface area contributed by atoms with Crippen LogP contribution in [0.1, 0.15) is 41.9 Å². The lowest BCUT2D eigenvalue weighted by molar-refractivity contribution is -0.121. The van der Waals surface area contributed by atoms with E-state index in [4.69, 9.17) is 0 Å². The second-order valence-electron chi connectivity index (χ2n) is 5.95. The number of carbonyl (C=O) groups is 1. The molecule has 0 spiro atoms. The smallest absolute Gasteiger partial charge is 0.220 e. The van der Waals surface area contributed by atoms with Gasteiger partial charge in [0, 0.05) is 25.4 Å². The highest BCUT2D eigenvalue weighted by Gasteiger charge is 2.23. The SMILES string of the molecule is O=C(C[C@@H]1CCc2ccccc21)NCCCc1ccncc1. The Balaban J connectivity index is 1.40. The summed E-state index contributed by atoms with van der Waals surface area (Å²) in [6, 6.07) is 12.6. The van der Waals surface area contributed by atoms with Crippen molar-refractivity contribution in [2.45, 2.75) is 38.0 Å². The molecule has 3 rings (SSSR count). The van der Waals surface area contributed by atoms with Crippen LogP contribution in [0.2, 0.25) is 0 Å². The predicted octanol–water partition coefficient (Wildman–Crippen LogP) is 3.25. The van der Waals surface area contributed by atoms with E-state index in [-0.39, 0.29) is 5.91 Å². The summed E-state index contributed by atoms with van der Waals surface area (Å²) in [7, 11) is 0. The fourth-order valence-corrected chi connectivity index (χ4v) is 3.22. The summed E-state index contributed by atoms with van der Waals surface area (Å²) in [6.07, 6.45) is 8.40. The molecule has 0 aliphatic heterocycles. The minimum atomic E-state index is 0.177. The molecule has 3 nitrogen and oxygen atoms in total. The number of nitrogens with zero attached hydrogens (tertiary/aromatic N) is 1. The summed E-state index contributed by atoms with van der Waals surface area (Å²) < 4.78 is 0. The minimum absolute atomic E-state index is 0.177. The number of pyridine rings is 1. The summed E-state index contributed by atoms with van der Waals surface area (Å²) in [6.45, 7) is 0.746. The molecule has 0 radical (unpaired) electrons. The number of aryl methyl sites for hydroxylation is 2. The number of hydrogen-bond acceptors (Lipinski definition) is 2. The molecule has 1 aliphatic carbocycles. The van der Waals surface area contributed by atoms with E-state index in [2.05, 4.69) is 34.6 Å². The minimum Gasteiger partial charge on any atom is -0.356 e. The van der Waals surface area contributed by atoms with Gasteiger partial charge in [-0.15, -0.1) is 0 Å². The van der Waals surface area contributed by atoms with Crippen molar-refractivity contribution in [1.82, 2.24) is 10.3 Å². The normalized spacial score (nSPS) is 16.3. The zero-order valence-electron chi connectivity index (χ0n) is 12.8. The molecule has 1 amide bonds. The molecule has 0 saturated carbocycles. The van der Waals surface area contributed by atoms with Crippen molar-refractivity contribution in [1.29, 1.82) is 0 Å². The number of amides is 1. The Labute approximate surface area is 131 Å². The van der Waals surface area contributed by atoms with E-state index in [0.29, 0.717) is 12.3 Å². The molecule has 22 heavy (non-hydrogen) atoms. The number of aromatic nitrogens is 1. The van der Waals surface area contributed by atoms with Gasteiger partial charge < -0.3 is 5.32 Å². The van der Waals surface area contributed by atoms with Gasteiger partial charge in [0.25, 0.3) is 0 Å². The summed E-state index contributed by atoms with van der Waals surface area (Å²) in [5, 5.41) is 3.06. The molecule has 1 heterocycles. The maximum atomic E-state index is 12.1. The van der Waals surface area contributed by atoms with Crippen LogP contribution >= 0.6 is 0 Å². The number of rotatable bonds is 6. The molecule has 1 aromatic heterocycles. The molecule has 2 aromatic rings. The summed E-state index contributed by atoms with van der Waals surface area (Å²) in [5.74, 6) is 0.577. The number of nitrogens with one attached hydrogen (secondary N) is 1. The van der Waals surface area contributed by atoms with E-state index in [1.807, 2.05) is 24.5 Å². The molecule has 1 N–H and O–H groups in total. The fraction of sp³-hybridized carbons (Fsp3) is 0.368. The summed E-state index contributed by atoms with van der Waals surface area (Å²) in [5.41, 5.74) is 4.06. The Morgan fingerprint density at radius 3 is 2.86 bits per heavy atom. The molecule has 0 saturated heterocycles. The highest BCUT2D eigenvalue weighted by molar-refractivity contribution is 5.77. The van der Waals surface area contributed by atoms with Crippen molar-refractivity contribution < 1.29 is 4.79 Å². The average molecular weight is 294 g/mol. The predicted molar refractivity (Wildman–Crippen MR) is 87.7 cm³/mol. The van der Waals surface area contributed by atoms with Gasteiger partial charge in [-0.2, -0.15) is 0 Å². The van der Waals surface area contributed by atoms with Crippen LogP contribution in [0.15, 0.2) is 48.8 Å². The number of fused-ring (bicyclic) bond motifs is 1. The lowest BCUT2D eigenvalue weighted by Gasteiger charge is -2.11. The standard InChI is InChI=1S/C19H22N2O/c22-19(21-11-3-4-15-9-12-20-13-10-15)14-17-8-7-16-5-1-2-6-18(16)17/h1-2,5-6,9-10,12-13,17H,3-4,7-8,11,14H2,(H,21,22)/t17-/m0/s1. The third kappa shape index (κ3) is 3.73. The quantitative estimate of drug-likeness (QED) is 0.831. The Bertz CT molecular complexity index is 624. The fourth-order valence-electron chi connectivity index (χ4n) is 3.22. The van der Waals surface area contributed by atoms with Gasteiger partial charge in [-0.25, -0.2) is 0 Å². The van der Waals surface area contributed by atoms with Gasteiger partial charge in [-0.05, 0) is 60.4 Å². The van der Waals surface area contributed by atoms with Gasteiger partial charge in [0.15, 0.2) is 0 Å². The molecule has 0 unspecified atom stereocenters. The molecule has 0 bridgehead atoms. The lowest BCUT2D eigenvalue weighted by atomic mass is 9.97. The number of hydrogen-bond donors (Lipinski definition) is 1. The first kappa shape index (κ1) is 14.8. The first-order chi connectivity index (χ1) is 10.8. The van der Waals surface area contributed by atoms with Gasteiger partial charge in [0.1, 0.15) is 0 Å². The van der Waals surface area contributed by atoms with Crippen LogP contribution in [0.5, 0.6) is 0 Å². The summed E-state index contributed by atoms with van der Waals surface area (Å²) in [4.78, 5) is 16.1. The maximum absolute atomic E-state index is 12.1. The summed E-state index contributed by atoms with van der Waals surface area (Å²) >= 11 is 0. The Kier molecular flexibility index (Phi) is 4.84. The Hall–Kier alpha value is -2.16. The second kappa shape index (κ2) is 7.21. The zero-order valence-corrected chi connectivity index (χ0v) is 12.8. The topological polar surface area (TPSA) is 42.0 Å². The monoisotopic (exact) mass is 294 g/mol. The lowest BCUT2D eigenvalue weighted by Crippen LogP contribution is -2.26. The van der Waals surface area contributed by atoms with Crippen LogP contribution in [-0.4, -0.2) is 17.4 Å². The first-order valence-corrected chi connectivity index (χ1v) is 8.06. The molecule has 1 atom stereocenters. The van der Waals surface area contributed by atoms with Crippen LogP contribution in [0.3, 0.4) is 0 Å². The van der Waals surface area contributed by atoms with Crippen LogP contribution in [0, 0.1) is 0 Å². The van der Waals surface area contributed by atoms with Gasteiger partial charge in [0.05, 0.1) is 0 Å². The largest absolute Gasteiger partial charge is 0.356 e. The third-order valence-corrected chi connectivity index (χ3v) is 4.40. The molecule has 114 valence electrons. The van der Waals surface area contributed by atoms with E-state index < -0.39 is 0 Å². The van der Waals surface area contributed by atoms with Crippen LogP contribution < -0.4 is 5.32 Å². The van der Waals surface area contributed by atoms with E-state index in [1.54, 1.807) is 0 Å². The zero-order chi connectivity index (χ0) is 15.2. The maximum Gasteiger partial charge on any atom is 0.220 e. The van der Waals surface area contributed by atoms with Crippen molar-refractivity contribution in [3.05, 3.63) is 65.5 Å².